The van der Waals surface area contributed by atoms with Gasteiger partial charge in [-0.3, -0.25) is 0 Å². The van der Waals surface area contributed by atoms with Crippen molar-refractivity contribution in [2.24, 2.45) is 0 Å². The first-order chi connectivity index (χ1) is 8.19. The predicted octanol–water partition coefficient (Wildman–Crippen LogP) is 0.976. The maximum Gasteiger partial charge on any atom is 0.223 e. The lowest BCUT2D eigenvalue weighted by molar-refractivity contribution is 0.388. The van der Waals surface area contributed by atoms with Gasteiger partial charge in [-0.05, 0) is 6.07 Å². The fourth-order valence-corrected chi connectivity index (χ4v) is 1.28. The molecular weight excluding hydrogens is 222 g/mol. The quantitative estimate of drug-likeness (QED) is 0.814. The molecule has 3 N–H and O–H groups in total. The van der Waals surface area contributed by atoms with Crippen molar-refractivity contribution in [3.8, 4) is 5.88 Å². The molecule has 0 bridgehead atoms. The average Bonchev–Trinajstić information content (AvgIpc) is 2.74. The number of hydrogen-bond donors (Lipinski definition) is 2. The van der Waals surface area contributed by atoms with E-state index in [0.717, 1.165) is 0 Å². The summed E-state index contributed by atoms with van der Waals surface area (Å²) in [4.78, 5) is 8.23. The number of ether oxygens (including phenoxy) is 1. The Labute approximate surface area is 98.0 Å². The van der Waals surface area contributed by atoms with Crippen LogP contribution in [0.5, 0.6) is 5.88 Å². The third kappa shape index (κ3) is 2.63. The van der Waals surface area contributed by atoms with Crippen LogP contribution in [0.2, 0.25) is 0 Å². The molecule has 7 nitrogen and oxygen atoms in total. The molecule has 0 saturated heterocycles. The zero-order chi connectivity index (χ0) is 12.3. The summed E-state index contributed by atoms with van der Waals surface area (Å²) >= 11 is 0. The molecular formula is C10H13N5O2. The van der Waals surface area contributed by atoms with E-state index in [9.17, 15) is 0 Å². The zero-order valence-electron chi connectivity index (χ0n) is 9.60. The molecule has 0 aliphatic heterocycles. The number of nitrogens with one attached hydrogen (secondary N) is 1. The van der Waals surface area contributed by atoms with Crippen molar-refractivity contribution < 1.29 is 9.26 Å². The Balaban J connectivity index is 2.07. The van der Waals surface area contributed by atoms with E-state index in [-0.39, 0.29) is 0 Å². The van der Waals surface area contributed by atoms with Crippen LogP contribution in [0.3, 0.4) is 0 Å². The van der Waals surface area contributed by atoms with Crippen molar-refractivity contribution in [3.63, 3.8) is 0 Å². The molecule has 2 aromatic rings. The van der Waals surface area contributed by atoms with Gasteiger partial charge in [-0.25, -0.2) is 0 Å². The number of aromatic nitrogens is 3. The average molecular weight is 235 g/mol. The van der Waals surface area contributed by atoms with E-state index >= 15 is 0 Å². The number of nitrogens with zero attached hydrogens (tertiary/aromatic N) is 3. The molecule has 90 valence electrons. The van der Waals surface area contributed by atoms with Crippen LogP contribution in [0, 0.1) is 6.92 Å². The number of nitrogens with two attached hydrogens (primary N) is 1. The van der Waals surface area contributed by atoms with Gasteiger partial charge in [0.15, 0.2) is 11.6 Å². The molecule has 2 heterocycles. The first-order valence-electron chi connectivity index (χ1n) is 5.02. The minimum Gasteiger partial charge on any atom is -0.481 e. The Bertz CT molecular complexity index is 511. The van der Waals surface area contributed by atoms with Gasteiger partial charge in [0.2, 0.25) is 11.8 Å². The van der Waals surface area contributed by atoms with Crippen LogP contribution in [-0.4, -0.2) is 22.2 Å². The van der Waals surface area contributed by atoms with Crippen molar-refractivity contribution in [1.82, 2.24) is 15.1 Å². The Morgan fingerprint density at radius 1 is 1.41 bits per heavy atom. The molecule has 0 aromatic carbocycles. The number of aryl methyl sites for hydroxylation is 1. The fourth-order valence-electron chi connectivity index (χ4n) is 1.28. The van der Waals surface area contributed by atoms with Gasteiger partial charge in [0.1, 0.15) is 0 Å². The van der Waals surface area contributed by atoms with Gasteiger partial charge in [-0.1, -0.05) is 5.16 Å². The lowest BCUT2D eigenvalue weighted by atomic mass is 10.4. The third-order valence-corrected chi connectivity index (χ3v) is 2.09. The standard InChI is InChI=1S/C10H13N5O2/c1-6-13-8(15-17-6)5-12-10-7(11)3-4-9(14-10)16-2/h3-4H,5,11H2,1-2H3,(H,12,14). The largest absolute Gasteiger partial charge is 0.481 e. The summed E-state index contributed by atoms with van der Waals surface area (Å²) in [5.74, 6) is 2.10. The number of hydrogen-bond acceptors (Lipinski definition) is 7. The zero-order valence-corrected chi connectivity index (χ0v) is 9.60. The topological polar surface area (TPSA) is 99.1 Å². The van der Waals surface area contributed by atoms with Gasteiger partial charge < -0.3 is 20.3 Å². The summed E-state index contributed by atoms with van der Waals surface area (Å²) in [6, 6.07) is 3.41. The van der Waals surface area contributed by atoms with Crippen molar-refractivity contribution in [2.45, 2.75) is 13.5 Å². The molecule has 0 saturated carbocycles. The van der Waals surface area contributed by atoms with Crippen molar-refractivity contribution in [2.75, 3.05) is 18.2 Å². The first kappa shape index (κ1) is 11.2. The van der Waals surface area contributed by atoms with Gasteiger partial charge in [-0.15, -0.1) is 0 Å². The molecule has 17 heavy (non-hydrogen) atoms. The number of methoxy groups -OCH3 is 1. The minimum absolute atomic E-state index is 0.391. The molecule has 7 heteroatoms. The molecule has 0 atom stereocenters. The summed E-state index contributed by atoms with van der Waals surface area (Å²) in [5.41, 5.74) is 6.30. The van der Waals surface area contributed by atoms with Gasteiger partial charge in [0, 0.05) is 13.0 Å². The number of nitrogen functional groups attached to an aromatic ring is 1. The van der Waals surface area contributed by atoms with Crippen LogP contribution in [0.25, 0.3) is 0 Å². The Kier molecular flexibility index (Phi) is 3.08. The van der Waals surface area contributed by atoms with Crippen LogP contribution in [-0.2, 0) is 6.54 Å². The summed E-state index contributed by atoms with van der Waals surface area (Å²) in [5, 5.41) is 6.77. The number of pyridine rings is 1. The van der Waals surface area contributed by atoms with Crippen LogP contribution < -0.4 is 15.8 Å². The molecule has 0 amide bonds. The molecule has 2 aromatic heterocycles. The van der Waals surface area contributed by atoms with Crippen molar-refractivity contribution in [3.05, 3.63) is 23.8 Å². The smallest absolute Gasteiger partial charge is 0.223 e. The highest BCUT2D eigenvalue weighted by Crippen LogP contribution is 2.19. The van der Waals surface area contributed by atoms with Gasteiger partial charge in [-0.2, -0.15) is 9.97 Å². The monoisotopic (exact) mass is 235 g/mol. The molecule has 0 radical (unpaired) electrons. The summed E-state index contributed by atoms with van der Waals surface area (Å²) < 4.78 is 9.86. The molecule has 0 aliphatic rings. The minimum atomic E-state index is 0.391. The van der Waals surface area contributed by atoms with Crippen LogP contribution in [0.4, 0.5) is 11.5 Å². The lowest BCUT2D eigenvalue weighted by Gasteiger charge is -2.07. The third-order valence-electron chi connectivity index (χ3n) is 2.09. The predicted molar refractivity (Wildman–Crippen MR) is 61.6 cm³/mol. The van der Waals surface area contributed by atoms with E-state index < -0.39 is 0 Å². The first-order valence-corrected chi connectivity index (χ1v) is 5.02. The van der Waals surface area contributed by atoms with Crippen molar-refractivity contribution >= 4 is 11.5 Å². The van der Waals surface area contributed by atoms with Crippen LogP contribution in [0.15, 0.2) is 16.7 Å². The highest BCUT2D eigenvalue weighted by atomic mass is 16.5. The maximum atomic E-state index is 5.77. The Hall–Kier alpha value is -2.31. The Morgan fingerprint density at radius 2 is 2.24 bits per heavy atom. The second kappa shape index (κ2) is 4.69. The van der Waals surface area contributed by atoms with Crippen LogP contribution >= 0.6 is 0 Å². The van der Waals surface area contributed by atoms with Gasteiger partial charge in [0.25, 0.3) is 0 Å². The van der Waals surface area contributed by atoms with E-state index in [0.29, 0.717) is 35.6 Å². The van der Waals surface area contributed by atoms with E-state index in [2.05, 4.69) is 20.4 Å². The summed E-state index contributed by atoms with van der Waals surface area (Å²) in [6.45, 7) is 2.12. The second-order valence-electron chi connectivity index (χ2n) is 3.37. The normalized spacial score (nSPS) is 10.2. The SMILES string of the molecule is COc1ccc(N)c(NCc2noc(C)n2)n1. The number of rotatable bonds is 4. The van der Waals surface area contributed by atoms with Crippen LogP contribution in [0.1, 0.15) is 11.7 Å². The Morgan fingerprint density at radius 3 is 2.88 bits per heavy atom. The van der Waals surface area contributed by atoms with E-state index in [1.165, 1.54) is 0 Å². The fraction of sp³-hybridized carbons (Fsp3) is 0.300. The molecule has 2 rings (SSSR count). The summed E-state index contributed by atoms with van der Waals surface area (Å²) in [7, 11) is 1.55. The van der Waals surface area contributed by atoms with E-state index in [4.69, 9.17) is 15.0 Å². The number of anilines is 2. The van der Waals surface area contributed by atoms with E-state index in [1.807, 2.05) is 0 Å². The van der Waals surface area contributed by atoms with Gasteiger partial charge in [0.05, 0.1) is 19.3 Å². The second-order valence-corrected chi connectivity index (χ2v) is 3.37. The lowest BCUT2D eigenvalue weighted by Crippen LogP contribution is -2.06. The highest BCUT2D eigenvalue weighted by molar-refractivity contribution is 5.61. The van der Waals surface area contributed by atoms with E-state index in [1.54, 1.807) is 26.2 Å². The molecule has 0 fully saturated rings. The molecule has 0 aliphatic carbocycles. The molecule has 0 unspecified atom stereocenters. The maximum absolute atomic E-state index is 5.77. The molecule has 0 spiro atoms. The summed E-state index contributed by atoms with van der Waals surface area (Å²) in [6.07, 6.45) is 0. The van der Waals surface area contributed by atoms with Crippen molar-refractivity contribution in [1.29, 1.82) is 0 Å². The highest BCUT2D eigenvalue weighted by Gasteiger charge is 2.06. The van der Waals surface area contributed by atoms with Gasteiger partial charge >= 0.3 is 0 Å².